The summed E-state index contributed by atoms with van der Waals surface area (Å²) < 4.78 is 35.5. The third-order valence-electron chi connectivity index (χ3n) is 7.40. The number of allylic oxidation sites excluding steroid dienone is 1. The van der Waals surface area contributed by atoms with Crippen LogP contribution in [0.1, 0.15) is 40.7 Å². The van der Waals surface area contributed by atoms with E-state index >= 15 is 8.78 Å². The second kappa shape index (κ2) is 10.7. The number of carbonyl (C=O) groups is 2. The number of hydrogen-bond acceptors (Lipinski definition) is 5. The van der Waals surface area contributed by atoms with Crippen LogP contribution in [-0.2, 0) is 39.9 Å². The van der Waals surface area contributed by atoms with Gasteiger partial charge >= 0.3 is 5.92 Å². The smallest absolute Gasteiger partial charge is 0.349 e. The van der Waals surface area contributed by atoms with Gasteiger partial charge in [0.1, 0.15) is 6.04 Å². The molecule has 1 atom stereocenters. The number of rotatable bonds is 7. The summed E-state index contributed by atoms with van der Waals surface area (Å²) in [5.74, 6) is -5.10. The molecule has 0 aliphatic carbocycles. The van der Waals surface area contributed by atoms with Gasteiger partial charge < -0.3 is 20.3 Å². The van der Waals surface area contributed by atoms with Crippen LogP contribution in [0.3, 0.4) is 0 Å². The van der Waals surface area contributed by atoms with E-state index in [0.29, 0.717) is 50.4 Å². The predicted octanol–water partition coefficient (Wildman–Crippen LogP) is 3.51. The summed E-state index contributed by atoms with van der Waals surface area (Å²) in [5.41, 5.74) is 4.44. The van der Waals surface area contributed by atoms with Crippen LogP contribution in [0, 0.1) is 0 Å². The fraction of sp³-hybridized carbons (Fsp3) is 0.379. The van der Waals surface area contributed by atoms with Crippen molar-refractivity contribution in [3.63, 3.8) is 0 Å². The predicted molar refractivity (Wildman–Crippen MR) is 140 cm³/mol. The van der Waals surface area contributed by atoms with Gasteiger partial charge in [-0.2, -0.15) is 8.78 Å². The van der Waals surface area contributed by atoms with Crippen molar-refractivity contribution in [3.8, 4) is 0 Å². The summed E-state index contributed by atoms with van der Waals surface area (Å²) in [4.78, 5) is 29.2. The van der Waals surface area contributed by atoms with E-state index in [-0.39, 0.29) is 24.1 Å². The molecule has 0 saturated carbocycles. The van der Waals surface area contributed by atoms with Crippen molar-refractivity contribution in [2.75, 3.05) is 26.3 Å². The quantitative estimate of drug-likeness (QED) is 0.583. The molecule has 2 amide bonds. The van der Waals surface area contributed by atoms with Gasteiger partial charge in [0.2, 0.25) is 5.91 Å². The number of ether oxygens (including phenoxy) is 1. The maximum Gasteiger partial charge on any atom is 0.349 e. The average molecular weight is 523 g/mol. The molecule has 38 heavy (non-hydrogen) atoms. The lowest BCUT2D eigenvalue weighted by Crippen LogP contribution is -2.47. The number of nitrogens with one attached hydrogen (secondary N) is 2. The first-order valence-corrected chi connectivity index (χ1v) is 12.8. The van der Waals surface area contributed by atoms with E-state index in [9.17, 15) is 9.59 Å². The molecule has 2 saturated heterocycles. The lowest BCUT2D eigenvalue weighted by atomic mass is 10.0. The standard InChI is InChI=1S/C29H32F2N4O3/c1-19-6-9-26(27(36)33-19)35-18-23-14-21(7-8-25(23)20(35)2)16-32-28(37)29(30,31)24-5-3-4-22(15-24)17-34-10-12-38-13-11-34/h3-5,7-8,14-15,26H,1-2,6,9-13,16-18H2,(H,32,37)(H,33,36). The van der Waals surface area contributed by atoms with Crippen molar-refractivity contribution < 1.29 is 23.1 Å². The minimum absolute atomic E-state index is 0.0363. The van der Waals surface area contributed by atoms with Gasteiger partial charge in [-0.15, -0.1) is 0 Å². The van der Waals surface area contributed by atoms with E-state index in [1.165, 1.54) is 12.1 Å². The van der Waals surface area contributed by atoms with E-state index in [2.05, 4.69) is 28.7 Å². The number of piperidine rings is 1. The second-order valence-electron chi connectivity index (χ2n) is 10.1. The molecular weight excluding hydrogens is 490 g/mol. The summed E-state index contributed by atoms with van der Waals surface area (Å²) in [6.07, 6.45) is 1.36. The first-order chi connectivity index (χ1) is 18.2. The van der Waals surface area contributed by atoms with E-state index < -0.39 is 11.8 Å². The van der Waals surface area contributed by atoms with Gasteiger partial charge in [-0.25, -0.2) is 0 Å². The maximum absolute atomic E-state index is 15.1. The van der Waals surface area contributed by atoms with Gasteiger partial charge in [0.15, 0.2) is 0 Å². The molecule has 2 N–H and O–H groups in total. The summed E-state index contributed by atoms with van der Waals surface area (Å²) in [5, 5.41) is 5.21. The monoisotopic (exact) mass is 522 g/mol. The number of alkyl halides is 2. The van der Waals surface area contributed by atoms with Crippen molar-refractivity contribution in [1.82, 2.24) is 20.4 Å². The van der Waals surface area contributed by atoms with E-state index in [1.54, 1.807) is 18.2 Å². The molecule has 3 aliphatic heterocycles. The third-order valence-corrected chi connectivity index (χ3v) is 7.40. The van der Waals surface area contributed by atoms with Crippen molar-refractivity contribution >= 4 is 17.5 Å². The van der Waals surface area contributed by atoms with Crippen LogP contribution in [0.4, 0.5) is 8.78 Å². The van der Waals surface area contributed by atoms with Crippen LogP contribution in [-0.4, -0.2) is 54.0 Å². The molecule has 0 bridgehead atoms. The highest BCUT2D eigenvalue weighted by Gasteiger charge is 2.41. The Morgan fingerprint density at radius 1 is 1.13 bits per heavy atom. The number of hydrogen-bond donors (Lipinski definition) is 2. The van der Waals surface area contributed by atoms with E-state index in [1.807, 2.05) is 17.0 Å². The van der Waals surface area contributed by atoms with Gasteiger partial charge in [0, 0.05) is 55.2 Å². The van der Waals surface area contributed by atoms with E-state index in [0.717, 1.165) is 35.5 Å². The number of amides is 2. The van der Waals surface area contributed by atoms with Crippen LogP contribution < -0.4 is 10.6 Å². The molecular formula is C29H32F2N4O3. The van der Waals surface area contributed by atoms with Gasteiger partial charge in [-0.1, -0.05) is 49.6 Å². The Kier molecular flexibility index (Phi) is 7.32. The van der Waals surface area contributed by atoms with Crippen LogP contribution >= 0.6 is 0 Å². The number of carbonyl (C=O) groups excluding carboxylic acids is 2. The molecule has 5 rings (SSSR count). The van der Waals surface area contributed by atoms with Crippen molar-refractivity contribution in [2.24, 2.45) is 0 Å². The minimum atomic E-state index is -3.67. The number of morpholine rings is 1. The lowest BCUT2D eigenvalue weighted by Gasteiger charge is -2.33. The van der Waals surface area contributed by atoms with Crippen molar-refractivity contribution in [3.05, 3.63) is 89.1 Å². The highest BCUT2D eigenvalue weighted by atomic mass is 19.3. The van der Waals surface area contributed by atoms with E-state index in [4.69, 9.17) is 4.74 Å². The first-order valence-electron chi connectivity index (χ1n) is 12.8. The number of benzene rings is 2. The Hall–Kier alpha value is -3.56. The molecule has 200 valence electrons. The van der Waals surface area contributed by atoms with Gasteiger partial charge in [-0.05, 0) is 35.6 Å². The SMILES string of the molecule is C=C1CCC(N2Cc3cc(CNC(=O)C(F)(F)c4cccc(CN5CCOCC5)c4)ccc3C2=C)C(=O)N1. The third kappa shape index (κ3) is 5.35. The lowest BCUT2D eigenvalue weighted by molar-refractivity contribution is -0.147. The molecule has 0 aromatic heterocycles. The first kappa shape index (κ1) is 26.1. The number of halogens is 2. The molecule has 0 spiro atoms. The summed E-state index contributed by atoms with van der Waals surface area (Å²) in [6, 6.07) is 11.2. The number of nitrogens with zero attached hydrogens (tertiary/aromatic N) is 2. The van der Waals surface area contributed by atoms with Crippen LogP contribution in [0.2, 0.25) is 0 Å². The maximum atomic E-state index is 15.1. The molecule has 1 unspecified atom stereocenters. The van der Waals surface area contributed by atoms with Crippen LogP contribution in [0.5, 0.6) is 0 Å². The van der Waals surface area contributed by atoms with Gasteiger partial charge in [-0.3, -0.25) is 14.5 Å². The van der Waals surface area contributed by atoms with Crippen LogP contribution in [0.15, 0.2) is 61.3 Å². The summed E-state index contributed by atoms with van der Waals surface area (Å²) in [7, 11) is 0. The Labute approximate surface area is 221 Å². The largest absolute Gasteiger partial charge is 0.379 e. The Morgan fingerprint density at radius 3 is 2.68 bits per heavy atom. The second-order valence-corrected chi connectivity index (χ2v) is 10.1. The fourth-order valence-corrected chi connectivity index (χ4v) is 5.27. The topological polar surface area (TPSA) is 73.9 Å². The highest BCUT2D eigenvalue weighted by molar-refractivity contribution is 5.87. The zero-order chi connectivity index (χ0) is 26.9. The van der Waals surface area contributed by atoms with Gasteiger partial charge in [0.05, 0.1) is 13.2 Å². The summed E-state index contributed by atoms with van der Waals surface area (Å²) in [6.45, 7) is 11.7. The highest BCUT2D eigenvalue weighted by Crippen LogP contribution is 2.36. The molecule has 2 aromatic carbocycles. The molecule has 3 heterocycles. The van der Waals surface area contributed by atoms with Crippen LogP contribution in [0.25, 0.3) is 5.70 Å². The minimum Gasteiger partial charge on any atom is -0.379 e. The number of fused-ring (bicyclic) bond motifs is 1. The Balaban J connectivity index is 1.22. The fourth-order valence-electron chi connectivity index (χ4n) is 5.27. The Morgan fingerprint density at radius 2 is 1.92 bits per heavy atom. The summed E-state index contributed by atoms with van der Waals surface area (Å²) >= 11 is 0. The van der Waals surface area contributed by atoms with Crippen molar-refractivity contribution in [2.45, 2.75) is 44.4 Å². The van der Waals surface area contributed by atoms with Crippen molar-refractivity contribution in [1.29, 1.82) is 0 Å². The Bertz CT molecular complexity index is 1270. The van der Waals surface area contributed by atoms with Gasteiger partial charge in [0.25, 0.3) is 5.91 Å². The molecule has 3 aliphatic rings. The average Bonchev–Trinajstić information content (AvgIpc) is 3.23. The molecule has 0 radical (unpaired) electrons. The molecule has 2 fully saturated rings. The molecule has 7 nitrogen and oxygen atoms in total. The molecule has 9 heteroatoms. The normalized spacial score (nSPS) is 20.3. The zero-order valence-electron chi connectivity index (χ0n) is 21.3. The zero-order valence-corrected chi connectivity index (χ0v) is 21.3. The molecule has 2 aromatic rings.